The first-order valence-corrected chi connectivity index (χ1v) is 9.53. The van der Waals surface area contributed by atoms with Gasteiger partial charge in [-0.3, -0.25) is 4.79 Å². The van der Waals surface area contributed by atoms with Crippen LogP contribution in [-0.4, -0.2) is 24.0 Å². The average molecular weight is 326 g/mol. The molecule has 2 N–H and O–H groups in total. The lowest BCUT2D eigenvalue weighted by molar-refractivity contribution is 0.0634. The summed E-state index contributed by atoms with van der Waals surface area (Å²) in [6.45, 7) is 3.20. The molecule has 3 aliphatic carbocycles. The van der Waals surface area contributed by atoms with Crippen molar-refractivity contribution in [3.05, 3.63) is 34.7 Å². The third kappa shape index (κ3) is 2.08. The van der Waals surface area contributed by atoms with E-state index in [-0.39, 0.29) is 11.4 Å². The van der Waals surface area contributed by atoms with E-state index in [0.717, 1.165) is 18.0 Å². The molecule has 1 saturated heterocycles. The minimum Gasteiger partial charge on any atom is -0.347 e. The number of fused-ring (bicyclic) bond motifs is 3. The third-order valence-electron chi connectivity index (χ3n) is 6.30. The van der Waals surface area contributed by atoms with E-state index in [4.69, 9.17) is 0 Å². The second-order valence-electron chi connectivity index (χ2n) is 7.57. The fourth-order valence-electron chi connectivity index (χ4n) is 5.03. The monoisotopic (exact) mass is 326 g/mol. The Morgan fingerprint density at radius 3 is 2.78 bits per heavy atom. The van der Waals surface area contributed by atoms with E-state index in [1.54, 1.807) is 11.3 Å². The molecule has 23 heavy (non-hydrogen) atoms. The fraction of sp³-hybridized carbons (Fsp3) is 0.526. The van der Waals surface area contributed by atoms with Crippen LogP contribution in [0.25, 0.3) is 10.1 Å². The Bertz CT molecular complexity index is 784. The number of benzene rings is 1. The Morgan fingerprint density at radius 2 is 2.04 bits per heavy atom. The lowest BCUT2D eigenvalue weighted by Gasteiger charge is -2.48. The van der Waals surface area contributed by atoms with Crippen molar-refractivity contribution in [1.29, 1.82) is 0 Å². The number of hydrogen-bond acceptors (Lipinski definition) is 3. The molecule has 1 aromatic carbocycles. The van der Waals surface area contributed by atoms with E-state index >= 15 is 0 Å². The maximum Gasteiger partial charge on any atom is 0.251 e. The zero-order valence-corrected chi connectivity index (χ0v) is 14.2. The van der Waals surface area contributed by atoms with Crippen LogP contribution in [0, 0.1) is 18.8 Å². The number of hydrogen-bond donors (Lipinski definition) is 2. The molecule has 120 valence electrons. The number of thiophene rings is 1. The summed E-state index contributed by atoms with van der Waals surface area (Å²) in [6.07, 6.45) is 5.24. The van der Waals surface area contributed by atoms with E-state index in [0.29, 0.717) is 12.0 Å². The lowest BCUT2D eigenvalue weighted by Crippen LogP contribution is -2.60. The molecule has 2 atom stereocenters. The second kappa shape index (κ2) is 4.81. The van der Waals surface area contributed by atoms with E-state index < -0.39 is 0 Å². The summed E-state index contributed by atoms with van der Waals surface area (Å²) < 4.78 is 1.21. The average Bonchev–Trinajstić information content (AvgIpc) is 3.24. The number of aryl methyl sites for hydroxylation is 1. The number of rotatable bonds is 2. The van der Waals surface area contributed by atoms with Gasteiger partial charge in [0, 0.05) is 21.7 Å². The second-order valence-corrected chi connectivity index (χ2v) is 8.85. The van der Waals surface area contributed by atoms with Gasteiger partial charge in [-0.15, -0.1) is 11.3 Å². The predicted molar refractivity (Wildman–Crippen MR) is 94.0 cm³/mol. The summed E-state index contributed by atoms with van der Waals surface area (Å²) in [5.41, 5.74) is 1.03. The maximum atomic E-state index is 12.8. The van der Waals surface area contributed by atoms with Crippen molar-refractivity contribution in [2.75, 3.05) is 6.54 Å². The molecule has 6 rings (SSSR count). The Morgan fingerprint density at radius 1 is 1.26 bits per heavy atom. The van der Waals surface area contributed by atoms with Crippen molar-refractivity contribution in [2.24, 2.45) is 11.8 Å². The quantitative estimate of drug-likeness (QED) is 0.830. The number of amides is 1. The van der Waals surface area contributed by atoms with E-state index in [1.807, 2.05) is 6.07 Å². The van der Waals surface area contributed by atoms with Crippen molar-refractivity contribution in [2.45, 2.75) is 44.2 Å². The van der Waals surface area contributed by atoms with Crippen LogP contribution in [0.4, 0.5) is 0 Å². The Hall–Kier alpha value is -1.39. The van der Waals surface area contributed by atoms with Crippen LogP contribution in [0.3, 0.4) is 0 Å². The molecule has 1 aromatic heterocycles. The van der Waals surface area contributed by atoms with Crippen LogP contribution in [0.1, 0.15) is 40.9 Å². The summed E-state index contributed by atoms with van der Waals surface area (Å²) in [7, 11) is 0. The minimum absolute atomic E-state index is 0.101. The zero-order chi connectivity index (χ0) is 15.6. The van der Waals surface area contributed by atoms with Crippen LogP contribution in [0.15, 0.2) is 24.3 Å². The molecular weight excluding hydrogens is 304 g/mol. The molecule has 3 saturated carbocycles. The highest BCUT2D eigenvalue weighted by molar-refractivity contribution is 7.19. The van der Waals surface area contributed by atoms with Crippen LogP contribution in [0.2, 0.25) is 0 Å². The molecule has 2 aromatic rings. The third-order valence-corrected chi connectivity index (χ3v) is 7.32. The van der Waals surface area contributed by atoms with Gasteiger partial charge in [-0.1, -0.05) is 6.07 Å². The van der Waals surface area contributed by atoms with Crippen molar-refractivity contribution in [1.82, 2.24) is 10.6 Å². The Balaban J connectivity index is 1.42. The van der Waals surface area contributed by atoms with Gasteiger partial charge >= 0.3 is 0 Å². The first-order valence-electron chi connectivity index (χ1n) is 8.72. The van der Waals surface area contributed by atoms with Gasteiger partial charge in [-0.2, -0.15) is 0 Å². The molecule has 1 spiro atoms. The maximum absolute atomic E-state index is 12.8. The van der Waals surface area contributed by atoms with Crippen molar-refractivity contribution < 1.29 is 4.79 Å². The predicted octanol–water partition coefficient (Wildman–Crippen LogP) is 3.47. The standard InChI is InChI=1S/C19H22N2OS/c1-11-8-13-2-3-14(9-16(13)23-11)18(22)21-17-12-4-6-15(7-5-12)19(17)10-20-19/h2-3,8-9,12,15,17,20H,4-7,10H2,1H3,(H,21,22)/t12?,15?,17?,19-/m0/s1. The number of nitrogens with one attached hydrogen (secondary N) is 2. The molecule has 2 bridgehead atoms. The van der Waals surface area contributed by atoms with Crippen LogP contribution in [0.5, 0.6) is 0 Å². The molecule has 2 heterocycles. The molecule has 4 aliphatic rings. The molecule has 4 fully saturated rings. The van der Waals surface area contributed by atoms with E-state index in [2.05, 4.69) is 35.8 Å². The summed E-state index contributed by atoms with van der Waals surface area (Å²) in [5, 5.41) is 8.24. The van der Waals surface area contributed by atoms with Crippen LogP contribution < -0.4 is 10.6 Å². The van der Waals surface area contributed by atoms with Crippen molar-refractivity contribution in [3.63, 3.8) is 0 Å². The topological polar surface area (TPSA) is 51.0 Å². The molecular formula is C19H22N2OS. The number of carbonyl (C=O) groups is 1. The zero-order valence-electron chi connectivity index (χ0n) is 13.4. The van der Waals surface area contributed by atoms with Gasteiger partial charge in [0.15, 0.2) is 0 Å². The summed E-state index contributed by atoms with van der Waals surface area (Å²) in [4.78, 5) is 14.1. The summed E-state index contributed by atoms with van der Waals surface area (Å²) >= 11 is 1.76. The normalized spacial score (nSPS) is 34.9. The van der Waals surface area contributed by atoms with Gasteiger partial charge in [-0.05, 0) is 68.0 Å². The van der Waals surface area contributed by atoms with Crippen molar-refractivity contribution >= 4 is 27.3 Å². The number of carbonyl (C=O) groups excluding carboxylic acids is 1. The van der Waals surface area contributed by atoms with Crippen LogP contribution in [-0.2, 0) is 0 Å². The van der Waals surface area contributed by atoms with E-state index in [9.17, 15) is 4.79 Å². The van der Waals surface area contributed by atoms with Gasteiger partial charge in [0.05, 0.1) is 11.6 Å². The molecule has 1 unspecified atom stereocenters. The SMILES string of the molecule is Cc1cc2ccc(C(=O)NC3C4CCC(CC4)[C@@]34CN4)cc2s1. The lowest BCUT2D eigenvalue weighted by atomic mass is 9.61. The largest absolute Gasteiger partial charge is 0.347 e. The molecule has 1 aliphatic heterocycles. The van der Waals surface area contributed by atoms with Gasteiger partial charge in [0.1, 0.15) is 0 Å². The van der Waals surface area contributed by atoms with Gasteiger partial charge < -0.3 is 10.6 Å². The highest BCUT2D eigenvalue weighted by atomic mass is 32.1. The van der Waals surface area contributed by atoms with Gasteiger partial charge in [0.2, 0.25) is 0 Å². The first-order chi connectivity index (χ1) is 11.2. The summed E-state index contributed by atoms with van der Waals surface area (Å²) in [5.74, 6) is 1.52. The molecule has 1 amide bonds. The van der Waals surface area contributed by atoms with Crippen molar-refractivity contribution in [3.8, 4) is 0 Å². The van der Waals surface area contributed by atoms with Gasteiger partial charge in [-0.25, -0.2) is 0 Å². The minimum atomic E-state index is 0.101. The smallest absolute Gasteiger partial charge is 0.251 e. The Kier molecular flexibility index (Phi) is 2.92. The Labute approximate surface area is 140 Å². The van der Waals surface area contributed by atoms with E-state index in [1.165, 1.54) is 40.6 Å². The summed E-state index contributed by atoms with van der Waals surface area (Å²) in [6, 6.07) is 8.61. The highest BCUT2D eigenvalue weighted by Crippen LogP contribution is 2.51. The van der Waals surface area contributed by atoms with Crippen LogP contribution >= 0.6 is 11.3 Å². The molecule has 3 nitrogen and oxygen atoms in total. The highest BCUT2D eigenvalue weighted by Gasteiger charge is 2.61. The first kappa shape index (κ1) is 14.0. The fourth-order valence-corrected chi connectivity index (χ4v) is 5.99. The van der Waals surface area contributed by atoms with Gasteiger partial charge in [0.25, 0.3) is 5.91 Å². The molecule has 0 radical (unpaired) electrons. The molecule has 4 heteroatoms.